The molecule has 0 aliphatic rings. The first-order valence-corrected chi connectivity index (χ1v) is 4.46. The minimum absolute atomic E-state index is 0.158. The van der Waals surface area contributed by atoms with Crippen molar-refractivity contribution >= 4 is 27.9 Å². The number of aromatic nitrogens is 3. The van der Waals surface area contributed by atoms with Gasteiger partial charge in [-0.2, -0.15) is 0 Å². The molecule has 1 unspecified atom stereocenters. The van der Waals surface area contributed by atoms with Crippen LogP contribution in [0.2, 0.25) is 0 Å². The number of hydrogen-bond donors (Lipinski definition) is 2. The van der Waals surface area contributed by atoms with Gasteiger partial charge in [-0.1, -0.05) is 0 Å². The van der Waals surface area contributed by atoms with E-state index in [4.69, 9.17) is 5.73 Å². The number of nitrogen functional groups attached to an aromatic ring is 1. The summed E-state index contributed by atoms with van der Waals surface area (Å²) in [5.41, 5.74) is 5.92. The number of hydrogen-bond acceptors (Lipinski definition) is 5. The number of fused-ring (bicyclic) bond motifs is 1. The Balaban J connectivity index is 2.77. The van der Waals surface area contributed by atoms with E-state index in [9.17, 15) is 8.76 Å². The lowest BCUT2D eigenvalue weighted by Gasteiger charge is -2.03. The van der Waals surface area contributed by atoms with Gasteiger partial charge in [0, 0.05) is 17.3 Å². The Labute approximate surface area is 75.5 Å². The monoisotopic (exact) mass is 197 g/mol. The summed E-state index contributed by atoms with van der Waals surface area (Å²) in [6, 6.07) is 1.68. The van der Waals surface area contributed by atoms with Crippen molar-refractivity contribution in [2.75, 3.05) is 5.73 Å². The molecule has 2 rings (SSSR count). The molecule has 2 aromatic rings. The summed E-state index contributed by atoms with van der Waals surface area (Å²) in [4.78, 5) is 10.1. The number of aromatic amines is 1. The Morgan fingerprint density at radius 1 is 1.54 bits per heavy atom. The molecule has 1 atom stereocenters. The lowest BCUT2D eigenvalue weighted by Crippen LogP contribution is -2.01. The topological polar surface area (TPSA) is 108 Å². The third-order valence-corrected chi connectivity index (χ3v) is 2.05. The third kappa shape index (κ3) is 1.27. The second-order valence-corrected chi connectivity index (χ2v) is 3.20. The molecule has 0 amide bonds. The minimum Gasteiger partial charge on any atom is -0.766 e. The summed E-state index contributed by atoms with van der Waals surface area (Å²) in [5.74, 6) is 0.158. The molecule has 0 aromatic carbocycles. The molecule has 68 valence electrons. The fourth-order valence-electron chi connectivity index (χ4n) is 1.02. The highest BCUT2D eigenvalue weighted by molar-refractivity contribution is 7.79. The lowest BCUT2D eigenvalue weighted by molar-refractivity contribution is 0.529. The second kappa shape index (κ2) is 2.79. The van der Waals surface area contributed by atoms with E-state index in [1.807, 2.05) is 0 Å². The zero-order valence-corrected chi connectivity index (χ0v) is 7.17. The number of anilines is 1. The molecule has 0 spiro atoms. The average Bonchev–Trinajstić information content (AvgIpc) is 2.51. The Kier molecular flexibility index (Phi) is 1.74. The first-order chi connectivity index (χ1) is 6.18. The Hall–Kier alpha value is -1.47. The van der Waals surface area contributed by atoms with Crippen molar-refractivity contribution in [3.05, 3.63) is 12.3 Å². The van der Waals surface area contributed by atoms with Gasteiger partial charge in [-0.25, -0.2) is 9.97 Å². The van der Waals surface area contributed by atoms with Crippen molar-refractivity contribution in [1.29, 1.82) is 0 Å². The van der Waals surface area contributed by atoms with Crippen LogP contribution in [-0.4, -0.2) is 23.7 Å². The standard InChI is InChI=1S/C6H6N4O2S/c7-4-3-1-2-8-5(3)10-6(9-4)13(11)12/h1-2H,(H,11,12)(H3,7,8,9,10)/p-1. The molecule has 7 heteroatoms. The van der Waals surface area contributed by atoms with Gasteiger partial charge in [-0.15, -0.1) is 0 Å². The van der Waals surface area contributed by atoms with Crippen molar-refractivity contribution in [2.24, 2.45) is 0 Å². The van der Waals surface area contributed by atoms with Gasteiger partial charge in [-0.3, -0.25) is 4.21 Å². The second-order valence-electron chi connectivity index (χ2n) is 2.37. The van der Waals surface area contributed by atoms with Gasteiger partial charge in [0.25, 0.3) is 0 Å². The maximum absolute atomic E-state index is 10.5. The lowest BCUT2D eigenvalue weighted by atomic mass is 10.4. The largest absolute Gasteiger partial charge is 0.766 e. The van der Waals surface area contributed by atoms with Crippen LogP contribution in [-0.2, 0) is 11.1 Å². The maximum atomic E-state index is 10.5. The summed E-state index contributed by atoms with van der Waals surface area (Å²) in [6.45, 7) is 0. The number of rotatable bonds is 1. The van der Waals surface area contributed by atoms with Gasteiger partial charge < -0.3 is 15.3 Å². The molecule has 0 aliphatic heterocycles. The summed E-state index contributed by atoms with van der Waals surface area (Å²) >= 11 is -2.45. The van der Waals surface area contributed by atoms with Crippen LogP contribution in [0.3, 0.4) is 0 Å². The van der Waals surface area contributed by atoms with E-state index in [1.165, 1.54) is 0 Å². The van der Waals surface area contributed by atoms with Crippen LogP contribution in [0.1, 0.15) is 0 Å². The number of nitrogens with one attached hydrogen (secondary N) is 1. The Morgan fingerprint density at radius 3 is 3.00 bits per heavy atom. The molecule has 0 fully saturated rings. The van der Waals surface area contributed by atoms with E-state index in [0.29, 0.717) is 11.0 Å². The normalized spacial score (nSPS) is 13.3. The van der Waals surface area contributed by atoms with Gasteiger partial charge in [0.15, 0.2) is 0 Å². The molecule has 3 N–H and O–H groups in total. The summed E-state index contributed by atoms with van der Waals surface area (Å²) in [5, 5.41) is 0.321. The third-order valence-electron chi connectivity index (χ3n) is 1.57. The van der Waals surface area contributed by atoms with E-state index in [2.05, 4.69) is 15.0 Å². The molecule has 0 bridgehead atoms. The van der Waals surface area contributed by atoms with E-state index in [1.54, 1.807) is 12.3 Å². The van der Waals surface area contributed by atoms with Crippen LogP contribution in [0.5, 0.6) is 0 Å². The number of H-pyrrole nitrogens is 1. The Morgan fingerprint density at radius 2 is 2.31 bits per heavy atom. The summed E-state index contributed by atoms with van der Waals surface area (Å²) in [7, 11) is 0. The molecular formula is C6H5N4O2S-. The van der Waals surface area contributed by atoms with E-state index >= 15 is 0 Å². The zero-order chi connectivity index (χ0) is 9.42. The SMILES string of the molecule is Nc1nc(S(=O)[O-])nc2[nH]ccc12. The summed E-state index contributed by atoms with van der Waals surface area (Å²) < 4.78 is 21.0. The number of nitrogens with two attached hydrogens (primary N) is 1. The fourth-order valence-corrected chi connectivity index (χ4v) is 1.36. The van der Waals surface area contributed by atoms with Crippen molar-refractivity contribution in [2.45, 2.75) is 5.16 Å². The van der Waals surface area contributed by atoms with Gasteiger partial charge >= 0.3 is 0 Å². The maximum Gasteiger partial charge on any atom is 0.208 e. The van der Waals surface area contributed by atoms with Crippen LogP contribution in [0.15, 0.2) is 17.4 Å². The average molecular weight is 197 g/mol. The van der Waals surface area contributed by atoms with Crippen LogP contribution < -0.4 is 5.73 Å². The molecule has 6 nitrogen and oxygen atoms in total. The molecule has 0 saturated heterocycles. The highest BCUT2D eigenvalue weighted by Gasteiger charge is 2.05. The van der Waals surface area contributed by atoms with Gasteiger partial charge in [0.05, 0.1) is 5.39 Å². The van der Waals surface area contributed by atoms with E-state index in [0.717, 1.165) is 0 Å². The van der Waals surface area contributed by atoms with Crippen molar-refractivity contribution in [3.63, 3.8) is 0 Å². The highest BCUT2D eigenvalue weighted by atomic mass is 32.2. The molecule has 0 saturated carbocycles. The molecule has 2 aromatic heterocycles. The van der Waals surface area contributed by atoms with Crippen LogP contribution in [0, 0.1) is 0 Å². The van der Waals surface area contributed by atoms with Gasteiger partial charge in [0.2, 0.25) is 5.16 Å². The highest BCUT2D eigenvalue weighted by Crippen LogP contribution is 2.16. The predicted octanol–water partition coefficient (Wildman–Crippen LogP) is -0.222. The molecular weight excluding hydrogens is 192 g/mol. The van der Waals surface area contributed by atoms with Crippen molar-refractivity contribution in [1.82, 2.24) is 15.0 Å². The fraction of sp³-hybridized carbons (Fsp3) is 0. The summed E-state index contributed by atoms with van der Waals surface area (Å²) in [6.07, 6.45) is 1.62. The van der Waals surface area contributed by atoms with Crippen molar-refractivity contribution in [3.8, 4) is 0 Å². The van der Waals surface area contributed by atoms with Gasteiger partial charge in [-0.05, 0) is 6.07 Å². The first-order valence-electron chi connectivity index (χ1n) is 3.38. The molecule has 0 radical (unpaired) electrons. The Bertz CT molecular complexity index is 480. The smallest absolute Gasteiger partial charge is 0.208 e. The van der Waals surface area contributed by atoms with Crippen LogP contribution in [0.4, 0.5) is 5.82 Å². The van der Waals surface area contributed by atoms with E-state index < -0.39 is 11.1 Å². The van der Waals surface area contributed by atoms with Gasteiger partial charge in [0.1, 0.15) is 11.5 Å². The predicted molar refractivity (Wildman–Crippen MR) is 45.5 cm³/mol. The molecule has 0 aliphatic carbocycles. The minimum atomic E-state index is -2.45. The van der Waals surface area contributed by atoms with Crippen molar-refractivity contribution < 1.29 is 8.76 Å². The molecule has 2 heterocycles. The molecule has 13 heavy (non-hydrogen) atoms. The quantitative estimate of drug-likeness (QED) is 0.485. The van der Waals surface area contributed by atoms with Crippen LogP contribution in [0.25, 0.3) is 11.0 Å². The number of nitrogens with zero attached hydrogens (tertiary/aromatic N) is 2. The first kappa shape index (κ1) is 8.14. The van der Waals surface area contributed by atoms with E-state index in [-0.39, 0.29) is 11.0 Å². The van der Waals surface area contributed by atoms with Crippen LogP contribution >= 0.6 is 0 Å². The zero-order valence-electron chi connectivity index (χ0n) is 6.35.